The van der Waals surface area contributed by atoms with Crippen molar-refractivity contribution in [2.75, 3.05) is 15.9 Å². The SMILES string of the molecule is CC[C@H](C(=O)Nc1ccccc1C)N(c1ccccc1)S(C)(=O)=O. The number of carbonyl (C=O) groups excluding carboxylic acids is 1. The first-order valence-corrected chi connectivity index (χ1v) is 9.60. The average Bonchev–Trinajstić information content (AvgIpc) is 2.54. The maximum atomic E-state index is 12.7. The molecule has 1 N–H and O–H groups in total. The molecule has 0 saturated carbocycles. The number of benzene rings is 2. The van der Waals surface area contributed by atoms with Crippen molar-refractivity contribution in [2.45, 2.75) is 26.3 Å². The van der Waals surface area contributed by atoms with Gasteiger partial charge in [0, 0.05) is 5.69 Å². The number of amides is 1. The Bertz CT molecular complexity index is 804. The molecule has 0 unspecified atom stereocenters. The predicted octanol–water partition coefficient (Wildman–Crippen LogP) is 3.18. The summed E-state index contributed by atoms with van der Waals surface area (Å²) in [6.45, 7) is 3.69. The van der Waals surface area contributed by atoms with Crippen molar-refractivity contribution in [2.24, 2.45) is 0 Å². The van der Waals surface area contributed by atoms with Gasteiger partial charge in [0.1, 0.15) is 6.04 Å². The number of carbonyl (C=O) groups is 1. The molecular weight excluding hydrogens is 324 g/mol. The molecule has 6 heteroatoms. The quantitative estimate of drug-likeness (QED) is 0.873. The van der Waals surface area contributed by atoms with E-state index in [1.54, 1.807) is 43.3 Å². The molecule has 2 rings (SSSR count). The van der Waals surface area contributed by atoms with Crippen LogP contribution in [0.4, 0.5) is 11.4 Å². The third-order valence-electron chi connectivity index (χ3n) is 3.74. The van der Waals surface area contributed by atoms with Crippen LogP contribution in [-0.4, -0.2) is 26.6 Å². The molecule has 0 aliphatic carbocycles. The summed E-state index contributed by atoms with van der Waals surface area (Å²) in [6.07, 6.45) is 1.48. The monoisotopic (exact) mass is 346 g/mol. The summed E-state index contributed by atoms with van der Waals surface area (Å²) in [5.74, 6) is -0.346. The Balaban J connectivity index is 2.36. The molecule has 24 heavy (non-hydrogen) atoms. The highest BCUT2D eigenvalue weighted by molar-refractivity contribution is 7.92. The van der Waals surface area contributed by atoms with Gasteiger partial charge in [-0.05, 0) is 37.1 Å². The normalized spacial score (nSPS) is 12.5. The lowest BCUT2D eigenvalue weighted by Gasteiger charge is -2.30. The lowest BCUT2D eigenvalue weighted by molar-refractivity contribution is -0.117. The van der Waals surface area contributed by atoms with Gasteiger partial charge in [-0.25, -0.2) is 8.42 Å². The van der Waals surface area contributed by atoms with E-state index in [1.165, 1.54) is 4.31 Å². The van der Waals surface area contributed by atoms with E-state index in [2.05, 4.69) is 5.32 Å². The van der Waals surface area contributed by atoms with Crippen molar-refractivity contribution in [3.8, 4) is 0 Å². The molecule has 0 spiro atoms. The predicted molar refractivity (Wildman–Crippen MR) is 97.7 cm³/mol. The third kappa shape index (κ3) is 4.14. The molecule has 2 aromatic rings. The fourth-order valence-electron chi connectivity index (χ4n) is 2.56. The first kappa shape index (κ1) is 18.0. The van der Waals surface area contributed by atoms with Gasteiger partial charge in [-0.15, -0.1) is 0 Å². The number of aryl methyl sites for hydroxylation is 1. The van der Waals surface area contributed by atoms with E-state index in [0.717, 1.165) is 11.8 Å². The van der Waals surface area contributed by atoms with Gasteiger partial charge in [0.2, 0.25) is 15.9 Å². The molecule has 0 heterocycles. The number of anilines is 2. The summed E-state index contributed by atoms with van der Waals surface area (Å²) in [5, 5.41) is 2.84. The average molecular weight is 346 g/mol. The summed E-state index contributed by atoms with van der Waals surface area (Å²) in [6, 6.07) is 15.3. The Morgan fingerprint density at radius 2 is 1.67 bits per heavy atom. The Kier molecular flexibility index (Phi) is 5.62. The maximum Gasteiger partial charge on any atom is 0.248 e. The van der Waals surface area contributed by atoms with Gasteiger partial charge in [0.05, 0.1) is 11.9 Å². The van der Waals surface area contributed by atoms with Crippen LogP contribution in [-0.2, 0) is 14.8 Å². The minimum absolute atomic E-state index is 0.346. The molecular formula is C18H22N2O3S. The van der Waals surface area contributed by atoms with Crippen LogP contribution in [0.25, 0.3) is 0 Å². The molecule has 0 bridgehead atoms. The summed E-state index contributed by atoms with van der Waals surface area (Å²) in [5.41, 5.74) is 2.08. The zero-order chi connectivity index (χ0) is 17.7. The first-order valence-electron chi connectivity index (χ1n) is 7.75. The number of nitrogens with zero attached hydrogens (tertiary/aromatic N) is 1. The van der Waals surface area contributed by atoms with Gasteiger partial charge in [-0.2, -0.15) is 0 Å². The molecule has 0 aliphatic heterocycles. The summed E-state index contributed by atoms with van der Waals surface area (Å²) in [7, 11) is -3.60. The molecule has 128 valence electrons. The molecule has 0 saturated heterocycles. The zero-order valence-electron chi connectivity index (χ0n) is 14.1. The van der Waals surface area contributed by atoms with Crippen molar-refractivity contribution in [1.29, 1.82) is 0 Å². The van der Waals surface area contributed by atoms with Gasteiger partial charge in [-0.1, -0.05) is 43.3 Å². The van der Waals surface area contributed by atoms with E-state index in [-0.39, 0.29) is 5.91 Å². The zero-order valence-corrected chi connectivity index (χ0v) is 14.9. The smallest absolute Gasteiger partial charge is 0.248 e. The van der Waals surface area contributed by atoms with Gasteiger partial charge in [-0.3, -0.25) is 9.10 Å². The molecule has 1 amide bonds. The van der Waals surface area contributed by atoms with E-state index in [1.807, 2.05) is 25.1 Å². The van der Waals surface area contributed by atoms with Crippen LogP contribution >= 0.6 is 0 Å². The molecule has 0 fully saturated rings. The number of para-hydroxylation sites is 2. The standard InChI is InChI=1S/C18H22N2O3S/c1-4-17(18(21)19-16-13-9-8-10-14(16)2)20(24(3,22)23)15-11-6-5-7-12-15/h5-13,17H,4H2,1-3H3,(H,19,21)/t17-/m1/s1. The summed E-state index contributed by atoms with van der Waals surface area (Å²) < 4.78 is 25.8. The molecule has 0 radical (unpaired) electrons. The van der Waals surface area contributed by atoms with Gasteiger partial charge in [0.25, 0.3) is 0 Å². The van der Waals surface area contributed by atoms with E-state index < -0.39 is 16.1 Å². The number of sulfonamides is 1. The van der Waals surface area contributed by atoms with Gasteiger partial charge < -0.3 is 5.32 Å². The van der Waals surface area contributed by atoms with E-state index in [4.69, 9.17) is 0 Å². The number of hydrogen-bond acceptors (Lipinski definition) is 3. The van der Waals surface area contributed by atoms with Crippen molar-refractivity contribution < 1.29 is 13.2 Å². The van der Waals surface area contributed by atoms with Crippen LogP contribution < -0.4 is 9.62 Å². The minimum Gasteiger partial charge on any atom is -0.324 e. The highest BCUT2D eigenvalue weighted by Crippen LogP contribution is 2.23. The van der Waals surface area contributed by atoms with Crippen LogP contribution in [0.1, 0.15) is 18.9 Å². The van der Waals surface area contributed by atoms with E-state index in [0.29, 0.717) is 17.8 Å². The van der Waals surface area contributed by atoms with Crippen molar-refractivity contribution in [3.63, 3.8) is 0 Å². The van der Waals surface area contributed by atoms with E-state index in [9.17, 15) is 13.2 Å². The van der Waals surface area contributed by atoms with Crippen LogP contribution in [0.3, 0.4) is 0 Å². The highest BCUT2D eigenvalue weighted by atomic mass is 32.2. The lowest BCUT2D eigenvalue weighted by atomic mass is 10.1. The van der Waals surface area contributed by atoms with Crippen LogP contribution in [0.5, 0.6) is 0 Å². The number of nitrogens with one attached hydrogen (secondary N) is 1. The fraction of sp³-hybridized carbons (Fsp3) is 0.278. The second kappa shape index (κ2) is 7.49. The topological polar surface area (TPSA) is 66.5 Å². The maximum absolute atomic E-state index is 12.7. The van der Waals surface area contributed by atoms with Crippen molar-refractivity contribution in [1.82, 2.24) is 0 Å². The summed E-state index contributed by atoms with van der Waals surface area (Å²) >= 11 is 0. The molecule has 0 aromatic heterocycles. The van der Waals surface area contributed by atoms with Crippen LogP contribution in [0, 0.1) is 6.92 Å². The second-order valence-corrected chi connectivity index (χ2v) is 7.48. The van der Waals surface area contributed by atoms with Crippen molar-refractivity contribution in [3.05, 3.63) is 60.2 Å². The molecule has 2 aromatic carbocycles. The summed E-state index contributed by atoms with van der Waals surface area (Å²) in [4.78, 5) is 12.7. The third-order valence-corrected chi connectivity index (χ3v) is 4.92. The Morgan fingerprint density at radius 1 is 1.08 bits per heavy atom. The van der Waals surface area contributed by atoms with Gasteiger partial charge >= 0.3 is 0 Å². The second-order valence-electron chi connectivity index (χ2n) is 5.62. The Labute approximate surface area is 143 Å². The number of hydrogen-bond donors (Lipinski definition) is 1. The number of rotatable bonds is 6. The van der Waals surface area contributed by atoms with Crippen LogP contribution in [0.15, 0.2) is 54.6 Å². The van der Waals surface area contributed by atoms with Crippen LogP contribution in [0.2, 0.25) is 0 Å². The highest BCUT2D eigenvalue weighted by Gasteiger charge is 2.31. The molecule has 0 aliphatic rings. The lowest BCUT2D eigenvalue weighted by Crippen LogP contribution is -2.47. The Hall–Kier alpha value is -2.34. The Morgan fingerprint density at radius 3 is 2.21 bits per heavy atom. The molecule has 5 nitrogen and oxygen atoms in total. The first-order chi connectivity index (χ1) is 11.3. The largest absolute Gasteiger partial charge is 0.324 e. The van der Waals surface area contributed by atoms with Gasteiger partial charge in [0.15, 0.2) is 0 Å². The van der Waals surface area contributed by atoms with E-state index >= 15 is 0 Å². The van der Waals surface area contributed by atoms with Crippen molar-refractivity contribution >= 4 is 27.3 Å². The molecule has 1 atom stereocenters. The fourth-order valence-corrected chi connectivity index (χ4v) is 3.78. The minimum atomic E-state index is -3.60.